The van der Waals surface area contributed by atoms with Crippen molar-refractivity contribution in [2.24, 2.45) is 28.8 Å². The zero-order valence-electron chi connectivity index (χ0n) is 16.5. The number of aromatic carboxylic acids is 1. The molecule has 2 aromatic rings. The van der Waals surface area contributed by atoms with Crippen molar-refractivity contribution < 1.29 is 24.2 Å². The molecule has 1 aliphatic heterocycles. The highest BCUT2D eigenvalue weighted by molar-refractivity contribution is 6.06. The molecular weight excluding hydrogens is 396 g/mol. The van der Waals surface area contributed by atoms with E-state index in [1.165, 1.54) is 18.3 Å². The van der Waals surface area contributed by atoms with Crippen LogP contribution in [-0.4, -0.2) is 34.1 Å². The molecule has 2 bridgehead atoms. The van der Waals surface area contributed by atoms with Crippen molar-refractivity contribution in [3.8, 4) is 5.75 Å². The third kappa shape index (κ3) is 3.32. The fourth-order valence-corrected chi connectivity index (χ4v) is 4.74. The van der Waals surface area contributed by atoms with Crippen molar-refractivity contribution in [3.05, 3.63) is 77.4 Å². The van der Waals surface area contributed by atoms with E-state index in [1.807, 2.05) is 12.1 Å². The van der Waals surface area contributed by atoms with Gasteiger partial charge in [-0.3, -0.25) is 9.59 Å². The molecule has 2 aromatic carbocycles. The molecule has 156 valence electrons. The van der Waals surface area contributed by atoms with Crippen molar-refractivity contribution in [1.29, 1.82) is 0 Å². The first-order valence-corrected chi connectivity index (χ1v) is 10.2. The number of carboxylic acid groups (broad SMARTS) is 1. The molecule has 31 heavy (non-hydrogen) atoms. The van der Waals surface area contributed by atoms with Crippen molar-refractivity contribution in [2.75, 3.05) is 0 Å². The van der Waals surface area contributed by atoms with Crippen LogP contribution in [0.1, 0.15) is 27.9 Å². The van der Waals surface area contributed by atoms with E-state index in [-0.39, 0.29) is 47.7 Å². The number of carbonyl (C=O) groups is 3. The van der Waals surface area contributed by atoms with Crippen molar-refractivity contribution in [2.45, 2.75) is 13.0 Å². The largest absolute Gasteiger partial charge is 0.488 e. The Kier molecular flexibility index (Phi) is 4.66. The fourth-order valence-electron chi connectivity index (χ4n) is 4.74. The molecule has 1 saturated carbocycles. The lowest BCUT2D eigenvalue weighted by molar-refractivity contribution is -0.140. The number of hydrazone groups is 1. The second-order valence-electron chi connectivity index (χ2n) is 8.06. The van der Waals surface area contributed by atoms with Crippen LogP contribution >= 0.6 is 0 Å². The van der Waals surface area contributed by atoms with Gasteiger partial charge in [-0.15, -0.1) is 0 Å². The zero-order chi connectivity index (χ0) is 21.5. The minimum Gasteiger partial charge on any atom is -0.488 e. The van der Waals surface area contributed by atoms with Crippen LogP contribution in [0.25, 0.3) is 0 Å². The lowest BCUT2D eigenvalue weighted by Crippen LogP contribution is -2.28. The molecule has 2 amide bonds. The first-order chi connectivity index (χ1) is 15.0. The molecule has 2 fully saturated rings. The molecule has 0 aromatic heterocycles. The Balaban J connectivity index is 1.30. The fraction of sp³-hybridized carbons (Fsp3) is 0.250. The Bertz CT molecular complexity index is 1090. The van der Waals surface area contributed by atoms with Gasteiger partial charge in [0.15, 0.2) is 0 Å². The molecule has 0 unspecified atom stereocenters. The number of imide groups is 1. The minimum absolute atomic E-state index is 0.148. The van der Waals surface area contributed by atoms with Crippen molar-refractivity contribution in [3.63, 3.8) is 0 Å². The van der Waals surface area contributed by atoms with Gasteiger partial charge in [0.05, 0.1) is 23.6 Å². The number of fused-ring (bicyclic) bond motifs is 5. The summed E-state index contributed by atoms with van der Waals surface area (Å²) in [5.74, 6) is -1.13. The van der Waals surface area contributed by atoms with E-state index < -0.39 is 5.97 Å². The Morgan fingerprint density at radius 2 is 1.68 bits per heavy atom. The van der Waals surface area contributed by atoms with Gasteiger partial charge < -0.3 is 9.84 Å². The summed E-state index contributed by atoms with van der Waals surface area (Å²) in [7, 11) is 0. The SMILES string of the molecule is O=C(O)c1ccc(COc2ccccc2C=NN2C(=O)[C@@H]3[C@H](C2=O)[C@H]2C=C[C@H]3C2)cc1. The number of ether oxygens (including phenoxy) is 1. The summed E-state index contributed by atoms with van der Waals surface area (Å²) in [6.45, 7) is 0.242. The third-order valence-corrected chi connectivity index (χ3v) is 6.27. The van der Waals surface area contributed by atoms with E-state index >= 15 is 0 Å². The van der Waals surface area contributed by atoms with E-state index in [1.54, 1.807) is 24.3 Å². The summed E-state index contributed by atoms with van der Waals surface area (Å²) in [4.78, 5) is 36.5. The van der Waals surface area contributed by atoms with Gasteiger partial charge in [-0.2, -0.15) is 10.1 Å². The van der Waals surface area contributed by atoms with Gasteiger partial charge in [0.1, 0.15) is 12.4 Å². The van der Waals surface area contributed by atoms with Gasteiger partial charge in [-0.1, -0.05) is 36.4 Å². The monoisotopic (exact) mass is 416 g/mol. The van der Waals surface area contributed by atoms with Gasteiger partial charge in [0.25, 0.3) is 11.8 Å². The van der Waals surface area contributed by atoms with Crippen LogP contribution in [0.15, 0.2) is 65.8 Å². The van der Waals surface area contributed by atoms with Crippen molar-refractivity contribution >= 4 is 24.0 Å². The number of nitrogens with zero attached hydrogens (tertiary/aromatic N) is 2. The van der Waals surface area contributed by atoms with E-state index in [2.05, 4.69) is 17.3 Å². The molecule has 5 rings (SSSR count). The molecule has 1 N–H and O–H groups in total. The maximum Gasteiger partial charge on any atom is 0.335 e. The van der Waals surface area contributed by atoms with Gasteiger partial charge >= 0.3 is 5.97 Å². The molecule has 7 heteroatoms. The first-order valence-electron chi connectivity index (χ1n) is 10.2. The summed E-state index contributed by atoms with van der Waals surface area (Å²) >= 11 is 0. The van der Waals surface area contributed by atoms with Gasteiger partial charge in [-0.25, -0.2) is 4.79 Å². The molecular formula is C24H20N2O5. The minimum atomic E-state index is -0.979. The average Bonchev–Trinajstić information content (AvgIpc) is 3.46. The van der Waals surface area contributed by atoms with Crippen molar-refractivity contribution in [1.82, 2.24) is 5.01 Å². The highest BCUT2D eigenvalue weighted by Crippen LogP contribution is 2.52. The number of allylic oxidation sites excluding steroid dienone is 2. The predicted molar refractivity (Wildman–Crippen MR) is 111 cm³/mol. The van der Waals surface area contributed by atoms with Crippen LogP contribution in [-0.2, 0) is 16.2 Å². The summed E-state index contributed by atoms with van der Waals surface area (Å²) in [6.07, 6.45) is 6.47. The normalized spacial score (nSPS) is 26.1. The molecule has 1 heterocycles. The maximum atomic E-state index is 12.8. The molecule has 0 spiro atoms. The number of carbonyl (C=O) groups excluding carboxylic acids is 2. The molecule has 4 atom stereocenters. The standard InChI is InChI=1S/C24H20N2O5/c27-22-20-16-9-10-17(11-16)21(20)23(28)26(22)25-12-18-3-1-2-4-19(18)31-13-14-5-7-15(8-6-14)24(29)30/h1-10,12,16-17,20-21H,11,13H2,(H,29,30)/t16-,17-,20-,21+/m0/s1. The number of hydrogen-bond donors (Lipinski definition) is 1. The number of rotatable bonds is 6. The maximum absolute atomic E-state index is 12.8. The van der Waals surface area contributed by atoms with Crippen LogP contribution < -0.4 is 4.74 Å². The Labute approximate surface area is 178 Å². The summed E-state index contributed by atoms with van der Waals surface area (Å²) in [5, 5.41) is 14.2. The van der Waals surface area contributed by atoms with Crippen LogP contribution in [0.4, 0.5) is 0 Å². The van der Waals surface area contributed by atoms with Crippen LogP contribution in [0, 0.1) is 23.7 Å². The van der Waals surface area contributed by atoms with Gasteiger partial charge in [0.2, 0.25) is 0 Å². The molecule has 1 saturated heterocycles. The first kappa shape index (κ1) is 19.2. The van der Waals surface area contributed by atoms with Crippen LogP contribution in [0.3, 0.4) is 0 Å². The molecule has 0 radical (unpaired) electrons. The smallest absolute Gasteiger partial charge is 0.335 e. The number of amides is 2. The Morgan fingerprint density at radius 1 is 1.03 bits per heavy atom. The quantitative estimate of drug-likeness (QED) is 0.443. The molecule has 2 aliphatic carbocycles. The van der Waals surface area contributed by atoms with E-state index in [9.17, 15) is 14.4 Å². The predicted octanol–water partition coefficient (Wildman–Crippen LogP) is 3.10. The summed E-state index contributed by atoms with van der Waals surface area (Å²) < 4.78 is 5.87. The van der Waals surface area contributed by atoms with E-state index in [4.69, 9.17) is 9.84 Å². The topological polar surface area (TPSA) is 96.3 Å². The van der Waals surface area contributed by atoms with Crippen LogP contribution in [0.5, 0.6) is 5.75 Å². The number of hydrogen-bond acceptors (Lipinski definition) is 5. The molecule has 7 nitrogen and oxygen atoms in total. The van der Waals surface area contributed by atoms with Gasteiger partial charge in [-0.05, 0) is 48.1 Å². The van der Waals surface area contributed by atoms with E-state index in [0.29, 0.717) is 11.3 Å². The number of para-hydroxylation sites is 1. The highest BCUT2D eigenvalue weighted by atomic mass is 16.5. The second kappa shape index (κ2) is 7.50. The lowest BCUT2D eigenvalue weighted by Gasteiger charge is -2.13. The number of carboxylic acids is 1. The Morgan fingerprint density at radius 3 is 2.32 bits per heavy atom. The van der Waals surface area contributed by atoms with E-state index in [0.717, 1.165) is 17.0 Å². The highest BCUT2D eigenvalue weighted by Gasteiger charge is 2.59. The van der Waals surface area contributed by atoms with Crippen LogP contribution in [0.2, 0.25) is 0 Å². The lowest BCUT2D eigenvalue weighted by atomic mass is 9.85. The van der Waals surface area contributed by atoms with Gasteiger partial charge in [0, 0.05) is 5.56 Å². The summed E-state index contributed by atoms with van der Waals surface area (Å²) in [5.41, 5.74) is 1.67. The Hall–Kier alpha value is -3.74. The number of benzene rings is 2. The average molecular weight is 416 g/mol. The zero-order valence-corrected chi connectivity index (χ0v) is 16.5. The molecule has 3 aliphatic rings. The summed E-state index contributed by atoms with van der Waals surface area (Å²) in [6, 6.07) is 13.7. The second-order valence-corrected chi connectivity index (χ2v) is 8.06. The third-order valence-electron chi connectivity index (χ3n) is 6.27.